The van der Waals surface area contributed by atoms with E-state index in [1.165, 1.54) is 0 Å². The first-order chi connectivity index (χ1) is 9.65. The van der Waals surface area contributed by atoms with Crippen molar-refractivity contribution in [3.05, 3.63) is 47.7 Å². The summed E-state index contributed by atoms with van der Waals surface area (Å²) in [6.45, 7) is 4.52. The van der Waals surface area contributed by atoms with Crippen molar-refractivity contribution in [1.29, 1.82) is 0 Å². The predicted molar refractivity (Wildman–Crippen MR) is 80.1 cm³/mol. The second kappa shape index (κ2) is 6.14. The van der Waals surface area contributed by atoms with Gasteiger partial charge in [0.1, 0.15) is 5.82 Å². The fraction of sp³-hybridized carbons (Fsp3) is 0.267. The molecule has 0 spiro atoms. The number of amides is 1. The molecule has 1 aromatic heterocycles. The number of hydrogen-bond acceptors (Lipinski definition) is 4. The van der Waals surface area contributed by atoms with Crippen molar-refractivity contribution in [1.82, 2.24) is 10.2 Å². The third-order valence-corrected chi connectivity index (χ3v) is 3.01. The van der Waals surface area contributed by atoms with E-state index in [4.69, 9.17) is 0 Å². The van der Waals surface area contributed by atoms with Gasteiger partial charge in [0.15, 0.2) is 5.69 Å². The van der Waals surface area contributed by atoms with Gasteiger partial charge in [-0.25, -0.2) is 0 Å². The minimum absolute atomic E-state index is 0.145. The molecule has 1 amide bonds. The summed E-state index contributed by atoms with van der Waals surface area (Å²) in [6, 6.07) is 11.3. The molecule has 104 valence electrons. The third-order valence-electron chi connectivity index (χ3n) is 3.01. The Labute approximate surface area is 118 Å². The monoisotopic (exact) mass is 270 g/mol. The van der Waals surface area contributed by atoms with Crippen molar-refractivity contribution in [3.8, 4) is 0 Å². The molecule has 0 aliphatic carbocycles. The molecule has 0 fully saturated rings. The first-order valence-electron chi connectivity index (χ1n) is 6.55. The molecule has 2 aromatic rings. The molecule has 0 radical (unpaired) electrons. The number of anilines is 2. The van der Waals surface area contributed by atoms with Crippen LogP contribution >= 0.6 is 0 Å². The lowest BCUT2D eigenvalue weighted by molar-refractivity contribution is 0.0982. The summed E-state index contributed by atoms with van der Waals surface area (Å²) >= 11 is 0. The topological polar surface area (TPSA) is 58.1 Å². The third kappa shape index (κ3) is 2.93. The lowest BCUT2D eigenvalue weighted by Crippen LogP contribution is -2.31. The minimum Gasteiger partial charge on any atom is -0.372 e. The van der Waals surface area contributed by atoms with Gasteiger partial charge in [-0.2, -0.15) is 0 Å². The van der Waals surface area contributed by atoms with Gasteiger partial charge in [0.05, 0.1) is 0 Å². The summed E-state index contributed by atoms with van der Waals surface area (Å²) < 4.78 is 0. The van der Waals surface area contributed by atoms with E-state index >= 15 is 0 Å². The van der Waals surface area contributed by atoms with E-state index in [1.807, 2.05) is 38.1 Å². The Hall–Kier alpha value is -2.43. The van der Waals surface area contributed by atoms with Gasteiger partial charge >= 0.3 is 0 Å². The largest absolute Gasteiger partial charge is 0.372 e. The summed E-state index contributed by atoms with van der Waals surface area (Å²) in [5, 5.41) is 10.8. The van der Waals surface area contributed by atoms with Crippen molar-refractivity contribution in [3.63, 3.8) is 0 Å². The first kappa shape index (κ1) is 14.0. The van der Waals surface area contributed by atoms with Crippen LogP contribution in [0.5, 0.6) is 0 Å². The number of carbonyl (C=O) groups excluding carboxylic acids is 1. The average molecular weight is 270 g/mol. The van der Waals surface area contributed by atoms with Crippen LogP contribution in [0.2, 0.25) is 0 Å². The lowest BCUT2D eigenvalue weighted by atomic mass is 10.2. The lowest BCUT2D eigenvalue weighted by Gasteiger charge is -2.20. The number of nitrogens with zero attached hydrogens (tertiary/aromatic N) is 3. The van der Waals surface area contributed by atoms with Crippen LogP contribution in [0.4, 0.5) is 11.5 Å². The zero-order valence-corrected chi connectivity index (χ0v) is 11.9. The predicted octanol–water partition coefficient (Wildman–Crippen LogP) is 2.49. The molecule has 20 heavy (non-hydrogen) atoms. The van der Waals surface area contributed by atoms with E-state index in [2.05, 4.69) is 15.5 Å². The van der Waals surface area contributed by atoms with Crippen molar-refractivity contribution >= 4 is 17.4 Å². The molecule has 0 unspecified atom stereocenters. The van der Waals surface area contributed by atoms with Crippen molar-refractivity contribution < 1.29 is 4.79 Å². The highest BCUT2D eigenvalue weighted by Gasteiger charge is 2.17. The highest BCUT2D eigenvalue weighted by Crippen LogP contribution is 2.18. The average Bonchev–Trinajstić information content (AvgIpc) is 2.48. The van der Waals surface area contributed by atoms with E-state index in [0.717, 1.165) is 11.3 Å². The molecular formula is C15H18N4O. The van der Waals surface area contributed by atoms with Gasteiger partial charge in [0, 0.05) is 19.3 Å². The minimum atomic E-state index is -0.145. The fourth-order valence-corrected chi connectivity index (χ4v) is 1.96. The Morgan fingerprint density at radius 2 is 2.05 bits per heavy atom. The van der Waals surface area contributed by atoms with E-state index in [0.29, 0.717) is 18.1 Å². The SMILES string of the molecule is CCN(C(=O)c1ccc(NC)nn1)c1cccc(C)c1. The number of rotatable bonds is 4. The maximum Gasteiger partial charge on any atom is 0.278 e. The van der Waals surface area contributed by atoms with E-state index < -0.39 is 0 Å². The van der Waals surface area contributed by atoms with Crippen molar-refractivity contribution in [2.75, 3.05) is 23.8 Å². The van der Waals surface area contributed by atoms with Crippen LogP contribution < -0.4 is 10.2 Å². The van der Waals surface area contributed by atoms with Gasteiger partial charge in [-0.05, 0) is 43.7 Å². The maximum absolute atomic E-state index is 12.5. The number of nitrogens with one attached hydrogen (secondary N) is 1. The molecule has 2 rings (SSSR count). The molecule has 1 N–H and O–H groups in total. The number of benzene rings is 1. The highest BCUT2D eigenvalue weighted by molar-refractivity contribution is 6.04. The van der Waals surface area contributed by atoms with Gasteiger partial charge in [-0.15, -0.1) is 10.2 Å². The summed E-state index contributed by atoms with van der Waals surface area (Å²) in [6.07, 6.45) is 0. The first-order valence-corrected chi connectivity index (χ1v) is 6.55. The molecule has 1 heterocycles. The number of aromatic nitrogens is 2. The summed E-state index contributed by atoms with van der Waals surface area (Å²) in [7, 11) is 1.76. The molecule has 0 aliphatic heterocycles. The summed E-state index contributed by atoms with van der Waals surface area (Å²) in [5.41, 5.74) is 2.33. The molecule has 5 heteroatoms. The molecule has 0 bridgehead atoms. The molecule has 0 saturated heterocycles. The van der Waals surface area contributed by atoms with Crippen LogP contribution in [0.25, 0.3) is 0 Å². The van der Waals surface area contributed by atoms with Crippen LogP contribution in [0, 0.1) is 6.92 Å². The van der Waals surface area contributed by atoms with Gasteiger partial charge in [0.25, 0.3) is 5.91 Å². The zero-order chi connectivity index (χ0) is 14.5. The van der Waals surface area contributed by atoms with E-state index in [9.17, 15) is 4.79 Å². The quantitative estimate of drug-likeness (QED) is 0.927. The Kier molecular flexibility index (Phi) is 4.30. The highest BCUT2D eigenvalue weighted by atomic mass is 16.2. The van der Waals surface area contributed by atoms with E-state index in [1.54, 1.807) is 24.1 Å². The molecule has 0 aliphatic rings. The number of hydrogen-bond donors (Lipinski definition) is 1. The maximum atomic E-state index is 12.5. The summed E-state index contributed by atoms with van der Waals surface area (Å²) in [5.74, 6) is 0.494. The fourth-order valence-electron chi connectivity index (χ4n) is 1.96. The Morgan fingerprint density at radius 3 is 2.60 bits per heavy atom. The number of carbonyl (C=O) groups is 1. The molecule has 5 nitrogen and oxygen atoms in total. The van der Waals surface area contributed by atoms with Crippen molar-refractivity contribution in [2.45, 2.75) is 13.8 Å². The Morgan fingerprint density at radius 1 is 1.25 bits per heavy atom. The van der Waals surface area contributed by atoms with Crippen molar-refractivity contribution in [2.24, 2.45) is 0 Å². The van der Waals surface area contributed by atoms with Crippen LogP contribution in [0.15, 0.2) is 36.4 Å². The molecule has 0 atom stereocenters. The van der Waals surface area contributed by atoms with E-state index in [-0.39, 0.29) is 5.91 Å². The van der Waals surface area contributed by atoms with Gasteiger partial charge in [-0.3, -0.25) is 4.79 Å². The zero-order valence-electron chi connectivity index (χ0n) is 11.9. The normalized spacial score (nSPS) is 10.2. The van der Waals surface area contributed by atoms with Gasteiger partial charge in [-0.1, -0.05) is 12.1 Å². The van der Waals surface area contributed by atoms with Crippen LogP contribution in [0.1, 0.15) is 23.0 Å². The second-order valence-electron chi connectivity index (χ2n) is 4.44. The van der Waals surface area contributed by atoms with Gasteiger partial charge < -0.3 is 10.2 Å². The molecular weight excluding hydrogens is 252 g/mol. The van der Waals surface area contributed by atoms with Gasteiger partial charge in [0.2, 0.25) is 0 Å². The van der Waals surface area contributed by atoms with Crippen LogP contribution in [-0.2, 0) is 0 Å². The summed E-state index contributed by atoms with van der Waals surface area (Å²) in [4.78, 5) is 14.2. The van der Waals surface area contributed by atoms with Crippen LogP contribution in [-0.4, -0.2) is 29.7 Å². The number of aryl methyl sites for hydroxylation is 1. The smallest absolute Gasteiger partial charge is 0.278 e. The molecule has 0 saturated carbocycles. The standard InChI is InChI=1S/C15H18N4O/c1-4-19(12-7-5-6-11(2)10-12)15(20)13-8-9-14(16-3)18-17-13/h5-10H,4H2,1-3H3,(H,16,18). The Bertz CT molecular complexity index is 595. The Balaban J connectivity index is 2.28. The molecule has 1 aromatic carbocycles. The van der Waals surface area contributed by atoms with Crippen LogP contribution in [0.3, 0.4) is 0 Å². The second-order valence-corrected chi connectivity index (χ2v) is 4.44.